The lowest BCUT2D eigenvalue weighted by atomic mass is 9.98. The summed E-state index contributed by atoms with van der Waals surface area (Å²) in [6.07, 6.45) is 0.836. The van der Waals surface area contributed by atoms with Gasteiger partial charge in [0.1, 0.15) is 5.75 Å². The van der Waals surface area contributed by atoms with Gasteiger partial charge < -0.3 is 4.74 Å². The Kier molecular flexibility index (Phi) is 4.63. The Balaban J connectivity index is 1.71. The smallest absolute Gasteiger partial charge is 0.118 e. The first kappa shape index (κ1) is 16.7. The maximum absolute atomic E-state index is 6.03. The minimum atomic E-state index is 0.147. The Hall–Kier alpha value is -2.78. The molecule has 3 aromatic carbocycles. The summed E-state index contributed by atoms with van der Waals surface area (Å²) in [5.41, 5.74) is 4.46. The standard InChI is InChI=1S/C22H19ClN2O/c1-26-20-13-9-17(10-14-20)22-15-21(16-7-11-18(23)12-8-16)24-25(22)19-5-3-2-4-6-19/h2-14,22H,15H2,1H3. The van der Waals surface area contributed by atoms with E-state index in [0.717, 1.165) is 34.2 Å². The SMILES string of the molecule is COc1ccc(C2CC(c3ccc(Cl)cc3)=NN2c2ccccc2)cc1. The maximum atomic E-state index is 6.03. The van der Waals surface area contributed by atoms with Gasteiger partial charge >= 0.3 is 0 Å². The van der Waals surface area contributed by atoms with Crippen LogP contribution in [0.1, 0.15) is 23.6 Å². The molecule has 1 aliphatic heterocycles. The highest BCUT2D eigenvalue weighted by Crippen LogP contribution is 2.37. The Morgan fingerprint density at radius 3 is 2.27 bits per heavy atom. The molecule has 0 saturated carbocycles. The zero-order valence-corrected chi connectivity index (χ0v) is 15.2. The van der Waals surface area contributed by atoms with Crippen LogP contribution in [0.4, 0.5) is 5.69 Å². The molecule has 3 nitrogen and oxygen atoms in total. The van der Waals surface area contributed by atoms with Gasteiger partial charge in [0.25, 0.3) is 0 Å². The fourth-order valence-corrected chi connectivity index (χ4v) is 3.36. The largest absolute Gasteiger partial charge is 0.497 e. The van der Waals surface area contributed by atoms with Crippen LogP contribution in [0.2, 0.25) is 5.02 Å². The fraction of sp³-hybridized carbons (Fsp3) is 0.136. The summed E-state index contributed by atoms with van der Waals surface area (Å²) in [7, 11) is 1.68. The molecule has 0 aromatic heterocycles. The molecule has 1 aliphatic rings. The Labute approximate surface area is 158 Å². The lowest BCUT2D eigenvalue weighted by Gasteiger charge is -2.24. The molecule has 1 heterocycles. The van der Waals surface area contributed by atoms with Crippen LogP contribution in [0, 0.1) is 0 Å². The van der Waals surface area contributed by atoms with Gasteiger partial charge in [0, 0.05) is 11.4 Å². The highest BCUT2D eigenvalue weighted by Gasteiger charge is 2.29. The van der Waals surface area contributed by atoms with E-state index in [1.807, 2.05) is 54.6 Å². The van der Waals surface area contributed by atoms with Crippen molar-refractivity contribution < 1.29 is 4.74 Å². The molecule has 0 amide bonds. The zero-order chi connectivity index (χ0) is 17.9. The second-order valence-electron chi connectivity index (χ2n) is 6.23. The van der Waals surface area contributed by atoms with Gasteiger partial charge in [0.05, 0.1) is 24.6 Å². The zero-order valence-electron chi connectivity index (χ0n) is 14.5. The highest BCUT2D eigenvalue weighted by molar-refractivity contribution is 6.30. The van der Waals surface area contributed by atoms with Crippen molar-refractivity contribution in [1.29, 1.82) is 0 Å². The summed E-state index contributed by atoms with van der Waals surface area (Å²) >= 11 is 6.03. The van der Waals surface area contributed by atoms with E-state index in [1.54, 1.807) is 7.11 Å². The lowest BCUT2D eigenvalue weighted by Crippen LogP contribution is -2.18. The molecule has 0 fully saturated rings. The number of hydrazone groups is 1. The Bertz CT molecular complexity index is 905. The van der Waals surface area contributed by atoms with Crippen molar-refractivity contribution in [1.82, 2.24) is 0 Å². The van der Waals surface area contributed by atoms with Crippen LogP contribution >= 0.6 is 11.6 Å². The predicted octanol–water partition coefficient (Wildman–Crippen LogP) is 5.70. The molecule has 4 rings (SSSR count). The Morgan fingerprint density at radius 1 is 0.923 bits per heavy atom. The van der Waals surface area contributed by atoms with Crippen LogP contribution in [0.3, 0.4) is 0 Å². The second-order valence-corrected chi connectivity index (χ2v) is 6.66. The maximum Gasteiger partial charge on any atom is 0.118 e. The van der Waals surface area contributed by atoms with Crippen molar-refractivity contribution in [3.63, 3.8) is 0 Å². The van der Waals surface area contributed by atoms with E-state index < -0.39 is 0 Å². The van der Waals surface area contributed by atoms with Crippen LogP contribution in [0.15, 0.2) is 84.0 Å². The second kappa shape index (κ2) is 7.22. The molecule has 0 saturated heterocycles. The number of ether oxygens (including phenoxy) is 1. The first-order valence-electron chi connectivity index (χ1n) is 8.56. The number of hydrogen-bond acceptors (Lipinski definition) is 3. The van der Waals surface area contributed by atoms with Gasteiger partial charge in [-0.25, -0.2) is 0 Å². The van der Waals surface area contributed by atoms with Crippen LogP contribution in [-0.2, 0) is 0 Å². The number of para-hydroxylation sites is 1. The van der Waals surface area contributed by atoms with E-state index in [2.05, 4.69) is 29.3 Å². The summed E-state index contributed by atoms with van der Waals surface area (Å²) in [5.74, 6) is 0.858. The van der Waals surface area contributed by atoms with E-state index in [1.165, 1.54) is 5.56 Å². The van der Waals surface area contributed by atoms with E-state index in [-0.39, 0.29) is 6.04 Å². The van der Waals surface area contributed by atoms with Gasteiger partial charge in [-0.1, -0.05) is 54.1 Å². The number of rotatable bonds is 4. The quantitative estimate of drug-likeness (QED) is 0.594. The monoisotopic (exact) mass is 362 g/mol. The number of anilines is 1. The minimum Gasteiger partial charge on any atom is -0.497 e. The van der Waals surface area contributed by atoms with Gasteiger partial charge in [-0.05, 0) is 47.5 Å². The molecule has 0 bridgehead atoms. The van der Waals surface area contributed by atoms with Gasteiger partial charge in [-0.2, -0.15) is 5.10 Å². The topological polar surface area (TPSA) is 24.8 Å². The average Bonchev–Trinajstić information content (AvgIpc) is 3.15. The van der Waals surface area contributed by atoms with Gasteiger partial charge in [-0.15, -0.1) is 0 Å². The molecule has 26 heavy (non-hydrogen) atoms. The van der Waals surface area contributed by atoms with Crippen LogP contribution < -0.4 is 9.75 Å². The summed E-state index contributed by atoms with van der Waals surface area (Å²) < 4.78 is 5.29. The molecule has 0 N–H and O–H groups in total. The molecule has 1 atom stereocenters. The summed E-state index contributed by atoms with van der Waals surface area (Å²) in [6.45, 7) is 0. The van der Waals surface area contributed by atoms with E-state index in [9.17, 15) is 0 Å². The third-order valence-electron chi connectivity index (χ3n) is 4.61. The van der Waals surface area contributed by atoms with Crippen LogP contribution in [0.5, 0.6) is 5.75 Å². The first-order chi connectivity index (χ1) is 12.7. The third-order valence-corrected chi connectivity index (χ3v) is 4.86. The Morgan fingerprint density at radius 2 is 1.62 bits per heavy atom. The molecule has 0 radical (unpaired) electrons. The number of halogens is 1. The third kappa shape index (κ3) is 3.31. The summed E-state index contributed by atoms with van der Waals surface area (Å²) in [4.78, 5) is 0. The highest BCUT2D eigenvalue weighted by atomic mass is 35.5. The summed E-state index contributed by atoms with van der Waals surface area (Å²) in [5, 5.41) is 7.77. The molecule has 4 heteroatoms. The molecular formula is C22H19ClN2O. The van der Waals surface area contributed by atoms with Crippen LogP contribution in [-0.4, -0.2) is 12.8 Å². The lowest BCUT2D eigenvalue weighted by molar-refractivity contribution is 0.414. The fourth-order valence-electron chi connectivity index (χ4n) is 3.23. The molecule has 1 unspecified atom stereocenters. The van der Waals surface area contributed by atoms with Crippen molar-refractivity contribution in [2.45, 2.75) is 12.5 Å². The molecular weight excluding hydrogens is 344 g/mol. The van der Waals surface area contributed by atoms with E-state index in [0.29, 0.717) is 0 Å². The van der Waals surface area contributed by atoms with Gasteiger partial charge in [-0.3, -0.25) is 5.01 Å². The van der Waals surface area contributed by atoms with Crippen molar-refractivity contribution in [2.24, 2.45) is 5.10 Å². The van der Waals surface area contributed by atoms with E-state index >= 15 is 0 Å². The molecule has 3 aromatic rings. The van der Waals surface area contributed by atoms with Crippen LogP contribution in [0.25, 0.3) is 0 Å². The van der Waals surface area contributed by atoms with E-state index in [4.69, 9.17) is 21.4 Å². The van der Waals surface area contributed by atoms with Crippen molar-refractivity contribution in [2.75, 3.05) is 12.1 Å². The van der Waals surface area contributed by atoms with Crippen molar-refractivity contribution in [3.8, 4) is 5.75 Å². The van der Waals surface area contributed by atoms with Gasteiger partial charge in [0.2, 0.25) is 0 Å². The predicted molar refractivity (Wildman–Crippen MR) is 107 cm³/mol. The number of hydrogen-bond donors (Lipinski definition) is 0. The average molecular weight is 363 g/mol. The number of nitrogens with zero attached hydrogens (tertiary/aromatic N) is 2. The van der Waals surface area contributed by atoms with Crippen molar-refractivity contribution >= 4 is 23.0 Å². The normalized spacial score (nSPS) is 16.5. The first-order valence-corrected chi connectivity index (χ1v) is 8.94. The number of methoxy groups -OCH3 is 1. The molecule has 0 aliphatic carbocycles. The minimum absolute atomic E-state index is 0.147. The van der Waals surface area contributed by atoms with Gasteiger partial charge in [0.15, 0.2) is 0 Å². The summed E-state index contributed by atoms with van der Waals surface area (Å²) in [6, 6.07) is 26.5. The molecule has 130 valence electrons. The number of benzene rings is 3. The van der Waals surface area contributed by atoms with Crippen molar-refractivity contribution in [3.05, 3.63) is 95.0 Å². The molecule has 0 spiro atoms.